The Morgan fingerprint density at radius 1 is 1.09 bits per heavy atom. The molecule has 0 radical (unpaired) electrons. The van der Waals surface area contributed by atoms with Gasteiger partial charge in [-0.3, -0.25) is 9.59 Å². The summed E-state index contributed by atoms with van der Waals surface area (Å²) in [5.74, 6) is -0.160. The molecule has 0 spiro atoms. The van der Waals surface area contributed by atoms with Crippen LogP contribution < -0.4 is 0 Å². The molecule has 2 aliphatic rings. The van der Waals surface area contributed by atoms with Crippen molar-refractivity contribution in [2.45, 2.75) is 18.9 Å². The highest BCUT2D eigenvalue weighted by Gasteiger charge is 2.37. The van der Waals surface area contributed by atoms with E-state index in [0.29, 0.717) is 54.9 Å². The van der Waals surface area contributed by atoms with Crippen LogP contribution in [0.2, 0.25) is 10.0 Å². The fourth-order valence-corrected chi connectivity index (χ4v) is 3.35. The van der Waals surface area contributed by atoms with E-state index in [4.69, 9.17) is 27.9 Å². The molecular weight excluding hydrogens is 339 g/mol. The normalized spacial score (nSPS) is 21.6. The van der Waals surface area contributed by atoms with Gasteiger partial charge in [0.25, 0.3) is 5.91 Å². The SMILES string of the molecule is O=C([C@@H]1CCCN1C(=O)c1ccc(Cl)c(Cl)c1)N1CCOCC1. The number of hydrogen-bond acceptors (Lipinski definition) is 3. The fourth-order valence-electron chi connectivity index (χ4n) is 3.06. The molecule has 3 rings (SSSR count). The highest BCUT2D eigenvalue weighted by atomic mass is 35.5. The first-order valence-corrected chi connectivity index (χ1v) is 8.46. The maximum Gasteiger partial charge on any atom is 0.254 e. The van der Waals surface area contributed by atoms with E-state index < -0.39 is 6.04 Å². The Labute approximate surface area is 145 Å². The van der Waals surface area contributed by atoms with Gasteiger partial charge in [-0.05, 0) is 31.0 Å². The van der Waals surface area contributed by atoms with Crippen molar-refractivity contribution in [2.75, 3.05) is 32.8 Å². The predicted molar refractivity (Wildman–Crippen MR) is 87.9 cm³/mol. The molecule has 2 saturated heterocycles. The van der Waals surface area contributed by atoms with Gasteiger partial charge in [0.2, 0.25) is 5.91 Å². The van der Waals surface area contributed by atoms with Gasteiger partial charge in [-0.25, -0.2) is 0 Å². The number of halogens is 2. The number of carbonyl (C=O) groups is 2. The zero-order valence-corrected chi connectivity index (χ0v) is 14.1. The quantitative estimate of drug-likeness (QED) is 0.817. The zero-order valence-electron chi connectivity index (χ0n) is 12.6. The molecule has 2 fully saturated rings. The third-order valence-electron chi connectivity index (χ3n) is 4.29. The lowest BCUT2D eigenvalue weighted by molar-refractivity contribution is -0.139. The lowest BCUT2D eigenvalue weighted by atomic mass is 10.1. The van der Waals surface area contributed by atoms with Crippen LogP contribution in [0, 0.1) is 0 Å². The maximum absolute atomic E-state index is 12.7. The Bertz CT molecular complexity index is 617. The van der Waals surface area contributed by atoms with E-state index >= 15 is 0 Å². The molecule has 0 unspecified atom stereocenters. The second-order valence-corrected chi connectivity index (χ2v) is 6.54. The van der Waals surface area contributed by atoms with Crippen molar-refractivity contribution in [3.8, 4) is 0 Å². The lowest BCUT2D eigenvalue weighted by Crippen LogP contribution is -2.51. The van der Waals surface area contributed by atoms with Crippen LogP contribution in [0.1, 0.15) is 23.2 Å². The minimum absolute atomic E-state index is 0.0132. The van der Waals surface area contributed by atoms with E-state index in [1.54, 1.807) is 28.0 Å². The molecule has 23 heavy (non-hydrogen) atoms. The summed E-state index contributed by atoms with van der Waals surface area (Å²) in [4.78, 5) is 28.9. The molecule has 0 aliphatic carbocycles. The van der Waals surface area contributed by atoms with Crippen molar-refractivity contribution < 1.29 is 14.3 Å². The second kappa shape index (κ2) is 7.07. The number of benzene rings is 1. The Morgan fingerprint density at radius 2 is 1.83 bits per heavy atom. The van der Waals surface area contributed by atoms with E-state index in [9.17, 15) is 9.59 Å². The average molecular weight is 357 g/mol. The van der Waals surface area contributed by atoms with Crippen LogP contribution in [0.5, 0.6) is 0 Å². The van der Waals surface area contributed by atoms with Gasteiger partial charge in [0, 0.05) is 25.2 Å². The van der Waals surface area contributed by atoms with Gasteiger partial charge in [0.15, 0.2) is 0 Å². The molecule has 1 aromatic carbocycles. The largest absolute Gasteiger partial charge is 0.378 e. The third-order valence-corrected chi connectivity index (χ3v) is 5.03. The second-order valence-electron chi connectivity index (χ2n) is 5.72. The van der Waals surface area contributed by atoms with Gasteiger partial charge in [0.1, 0.15) is 6.04 Å². The molecule has 0 bridgehead atoms. The van der Waals surface area contributed by atoms with E-state index in [1.165, 1.54) is 0 Å². The van der Waals surface area contributed by atoms with Crippen molar-refractivity contribution in [3.05, 3.63) is 33.8 Å². The summed E-state index contributed by atoms with van der Waals surface area (Å²) in [6.07, 6.45) is 1.52. The monoisotopic (exact) mass is 356 g/mol. The molecule has 124 valence electrons. The number of morpholine rings is 1. The number of hydrogen-bond donors (Lipinski definition) is 0. The Kier molecular flexibility index (Phi) is 5.09. The van der Waals surface area contributed by atoms with Gasteiger partial charge in [-0.1, -0.05) is 23.2 Å². The number of carbonyl (C=O) groups excluding carboxylic acids is 2. The summed E-state index contributed by atoms with van der Waals surface area (Å²) in [7, 11) is 0. The molecule has 1 atom stereocenters. The first kappa shape index (κ1) is 16.6. The van der Waals surface area contributed by atoms with Crippen molar-refractivity contribution in [2.24, 2.45) is 0 Å². The fraction of sp³-hybridized carbons (Fsp3) is 0.500. The minimum atomic E-state index is -0.393. The number of nitrogens with zero attached hydrogens (tertiary/aromatic N) is 2. The van der Waals surface area contributed by atoms with E-state index in [1.807, 2.05) is 0 Å². The topological polar surface area (TPSA) is 49.9 Å². The highest BCUT2D eigenvalue weighted by molar-refractivity contribution is 6.42. The Balaban J connectivity index is 1.76. The predicted octanol–water partition coefficient (Wildman–Crippen LogP) is 2.46. The van der Waals surface area contributed by atoms with E-state index in [0.717, 1.165) is 6.42 Å². The van der Waals surface area contributed by atoms with Crippen LogP contribution in [0.25, 0.3) is 0 Å². The van der Waals surface area contributed by atoms with Crippen LogP contribution in [-0.4, -0.2) is 60.5 Å². The summed E-state index contributed by atoms with van der Waals surface area (Å²) in [6, 6.07) is 4.41. The Hall–Kier alpha value is -1.30. The molecule has 5 nitrogen and oxygen atoms in total. The van der Waals surface area contributed by atoms with Crippen LogP contribution >= 0.6 is 23.2 Å². The summed E-state index contributed by atoms with van der Waals surface area (Å²) < 4.78 is 5.28. The van der Waals surface area contributed by atoms with Crippen LogP contribution in [0.15, 0.2) is 18.2 Å². The average Bonchev–Trinajstić information content (AvgIpc) is 3.06. The first-order valence-electron chi connectivity index (χ1n) is 7.70. The molecular formula is C16H18Cl2N2O3. The molecule has 7 heteroatoms. The molecule has 0 N–H and O–H groups in total. The first-order chi connectivity index (χ1) is 11.1. The van der Waals surface area contributed by atoms with E-state index in [2.05, 4.69) is 0 Å². The van der Waals surface area contributed by atoms with Crippen molar-refractivity contribution in [1.29, 1.82) is 0 Å². The molecule has 2 heterocycles. The smallest absolute Gasteiger partial charge is 0.254 e. The van der Waals surface area contributed by atoms with Crippen molar-refractivity contribution in [1.82, 2.24) is 9.80 Å². The lowest BCUT2D eigenvalue weighted by Gasteiger charge is -2.32. The molecule has 0 saturated carbocycles. The number of rotatable bonds is 2. The van der Waals surface area contributed by atoms with Crippen molar-refractivity contribution in [3.63, 3.8) is 0 Å². The van der Waals surface area contributed by atoms with Gasteiger partial charge >= 0.3 is 0 Å². The summed E-state index contributed by atoms with van der Waals surface area (Å²) in [5.41, 5.74) is 0.459. The molecule has 0 aromatic heterocycles. The van der Waals surface area contributed by atoms with Crippen molar-refractivity contribution >= 4 is 35.0 Å². The van der Waals surface area contributed by atoms with Crippen LogP contribution in [0.3, 0.4) is 0 Å². The summed E-state index contributed by atoms with van der Waals surface area (Å²) in [5, 5.41) is 0.748. The minimum Gasteiger partial charge on any atom is -0.378 e. The maximum atomic E-state index is 12.7. The van der Waals surface area contributed by atoms with Crippen LogP contribution in [-0.2, 0) is 9.53 Å². The molecule has 1 aromatic rings. The number of likely N-dealkylation sites (tertiary alicyclic amines) is 1. The summed E-state index contributed by atoms with van der Waals surface area (Å²) >= 11 is 11.9. The van der Waals surface area contributed by atoms with Gasteiger partial charge in [-0.2, -0.15) is 0 Å². The summed E-state index contributed by atoms with van der Waals surface area (Å²) in [6.45, 7) is 2.87. The standard InChI is InChI=1S/C16H18Cl2N2O3/c17-12-4-3-11(10-13(12)18)15(21)20-5-1-2-14(20)16(22)19-6-8-23-9-7-19/h3-4,10,14H,1-2,5-9H2/t14-/m0/s1. The highest BCUT2D eigenvalue weighted by Crippen LogP contribution is 2.26. The molecule has 2 aliphatic heterocycles. The zero-order chi connectivity index (χ0) is 16.4. The van der Waals surface area contributed by atoms with Gasteiger partial charge in [-0.15, -0.1) is 0 Å². The molecule has 2 amide bonds. The number of amides is 2. The van der Waals surface area contributed by atoms with Crippen LogP contribution in [0.4, 0.5) is 0 Å². The van der Waals surface area contributed by atoms with E-state index in [-0.39, 0.29) is 11.8 Å². The van der Waals surface area contributed by atoms with Gasteiger partial charge < -0.3 is 14.5 Å². The Morgan fingerprint density at radius 3 is 2.52 bits per heavy atom. The third kappa shape index (κ3) is 3.47. The number of ether oxygens (including phenoxy) is 1. The van der Waals surface area contributed by atoms with Gasteiger partial charge in [0.05, 0.1) is 23.3 Å².